The number of hydrogen-bond acceptors (Lipinski definition) is 2. The molecule has 25 heavy (non-hydrogen) atoms. The zero-order valence-corrected chi connectivity index (χ0v) is 13.2. The quantitative estimate of drug-likeness (QED) is 0.678. The predicted molar refractivity (Wildman–Crippen MR) is 87.6 cm³/mol. The van der Waals surface area contributed by atoms with Crippen LogP contribution in [0.25, 0.3) is 11.1 Å². The molecule has 0 radical (unpaired) electrons. The molecule has 0 atom stereocenters. The van der Waals surface area contributed by atoms with Crippen LogP contribution in [-0.2, 0) is 6.18 Å². The van der Waals surface area contributed by atoms with Gasteiger partial charge in [0.15, 0.2) is 0 Å². The Balaban J connectivity index is 2.15. The lowest BCUT2D eigenvalue weighted by molar-refractivity contribution is -0.137. The highest BCUT2D eigenvalue weighted by molar-refractivity contribution is 6.02. The summed E-state index contributed by atoms with van der Waals surface area (Å²) in [5.74, 6) is 0.0934. The highest BCUT2D eigenvalue weighted by Crippen LogP contribution is 2.34. The number of rotatable bonds is 3. The fourth-order valence-corrected chi connectivity index (χ4v) is 2.53. The van der Waals surface area contributed by atoms with Gasteiger partial charge in [0, 0.05) is 18.0 Å². The van der Waals surface area contributed by atoms with E-state index in [1.54, 1.807) is 36.4 Å². The first-order valence-electron chi connectivity index (χ1n) is 7.43. The standard InChI is InChI=1S/C19H14F3NO2/c1-25-15-7-4-13(5-8-15)16-9-6-14(19(20,21)22)12-17(16)18(24)23-10-2-3-11-23/h2-12H,1H3. The summed E-state index contributed by atoms with van der Waals surface area (Å²) in [5.41, 5.74) is 0.177. The van der Waals surface area contributed by atoms with Gasteiger partial charge >= 0.3 is 6.18 Å². The van der Waals surface area contributed by atoms with E-state index in [-0.39, 0.29) is 5.56 Å². The minimum Gasteiger partial charge on any atom is -0.497 e. The second kappa shape index (κ2) is 6.47. The van der Waals surface area contributed by atoms with Gasteiger partial charge < -0.3 is 4.74 Å². The van der Waals surface area contributed by atoms with Gasteiger partial charge in [-0.1, -0.05) is 18.2 Å². The molecule has 0 fully saturated rings. The van der Waals surface area contributed by atoms with E-state index in [0.717, 1.165) is 12.1 Å². The van der Waals surface area contributed by atoms with E-state index in [1.807, 2.05) is 0 Å². The van der Waals surface area contributed by atoms with Crippen molar-refractivity contribution >= 4 is 5.91 Å². The zero-order chi connectivity index (χ0) is 18.0. The molecule has 0 unspecified atom stereocenters. The maximum Gasteiger partial charge on any atom is 0.416 e. The van der Waals surface area contributed by atoms with Crippen LogP contribution >= 0.6 is 0 Å². The van der Waals surface area contributed by atoms with Crippen molar-refractivity contribution in [3.63, 3.8) is 0 Å². The highest BCUT2D eigenvalue weighted by atomic mass is 19.4. The van der Waals surface area contributed by atoms with E-state index in [0.29, 0.717) is 16.9 Å². The van der Waals surface area contributed by atoms with Gasteiger partial charge in [-0.3, -0.25) is 9.36 Å². The molecule has 0 bridgehead atoms. The first-order valence-corrected chi connectivity index (χ1v) is 7.43. The van der Waals surface area contributed by atoms with Gasteiger partial charge in [-0.2, -0.15) is 13.2 Å². The molecule has 0 spiro atoms. The third-order valence-electron chi connectivity index (χ3n) is 3.82. The molecule has 0 aliphatic carbocycles. The summed E-state index contributed by atoms with van der Waals surface area (Å²) in [5, 5.41) is 0. The summed E-state index contributed by atoms with van der Waals surface area (Å²) in [7, 11) is 1.52. The van der Waals surface area contributed by atoms with Gasteiger partial charge in [0.2, 0.25) is 0 Å². The average molecular weight is 345 g/mol. The summed E-state index contributed by atoms with van der Waals surface area (Å²) in [6, 6.07) is 13.3. The predicted octanol–water partition coefficient (Wildman–Crippen LogP) is 4.87. The van der Waals surface area contributed by atoms with Gasteiger partial charge in [-0.25, -0.2) is 0 Å². The first-order chi connectivity index (χ1) is 11.9. The number of hydrogen-bond donors (Lipinski definition) is 0. The largest absolute Gasteiger partial charge is 0.497 e. The molecule has 1 aromatic heterocycles. The monoisotopic (exact) mass is 345 g/mol. The van der Waals surface area contributed by atoms with E-state index in [9.17, 15) is 18.0 Å². The van der Waals surface area contributed by atoms with Crippen molar-refractivity contribution < 1.29 is 22.7 Å². The molecule has 3 aromatic rings. The molecule has 3 nitrogen and oxygen atoms in total. The van der Waals surface area contributed by atoms with E-state index >= 15 is 0 Å². The van der Waals surface area contributed by atoms with Crippen LogP contribution in [0.4, 0.5) is 13.2 Å². The molecule has 0 aliphatic heterocycles. The molecule has 3 rings (SSSR count). The molecule has 128 valence electrons. The first kappa shape index (κ1) is 16.8. The molecule has 0 N–H and O–H groups in total. The van der Waals surface area contributed by atoms with E-state index in [2.05, 4.69) is 0 Å². The van der Waals surface area contributed by atoms with E-state index in [1.165, 1.54) is 30.1 Å². The number of halogens is 3. The van der Waals surface area contributed by atoms with Crippen LogP contribution in [-0.4, -0.2) is 17.6 Å². The van der Waals surface area contributed by atoms with Crippen molar-refractivity contribution in [3.05, 3.63) is 78.1 Å². The summed E-state index contributed by atoms with van der Waals surface area (Å²) in [6.45, 7) is 0. The molecule has 0 saturated heterocycles. The Kier molecular flexibility index (Phi) is 4.35. The van der Waals surface area contributed by atoms with Crippen molar-refractivity contribution in [2.75, 3.05) is 7.11 Å². The third-order valence-corrected chi connectivity index (χ3v) is 3.82. The highest BCUT2D eigenvalue weighted by Gasteiger charge is 2.32. The molecule has 6 heteroatoms. The third kappa shape index (κ3) is 3.42. The number of benzene rings is 2. The van der Waals surface area contributed by atoms with Crippen LogP contribution < -0.4 is 4.74 Å². The van der Waals surface area contributed by atoms with Gasteiger partial charge in [0.05, 0.1) is 12.7 Å². The molecule has 0 amide bonds. The van der Waals surface area contributed by atoms with Crippen molar-refractivity contribution in [1.29, 1.82) is 0 Å². The van der Waals surface area contributed by atoms with Crippen LogP contribution in [0, 0.1) is 0 Å². The number of ether oxygens (including phenoxy) is 1. The molecular weight excluding hydrogens is 331 g/mol. The minimum atomic E-state index is -4.52. The van der Waals surface area contributed by atoms with Crippen LogP contribution in [0.15, 0.2) is 67.0 Å². The number of alkyl halides is 3. The fraction of sp³-hybridized carbons (Fsp3) is 0.105. The second-order valence-corrected chi connectivity index (χ2v) is 5.38. The van der Waals surface area contributed by atoms with Gasteiger partial charge in [-0.05, 0) is 47.5 Å². The van der Waals surface area contributed by atoms with Gasteiger partial charge in [-0.15, -0.1) is 0 Å². The summed E-state index contributed by atoms with van der Waals surface area (Å²) < 4.78 is 45.6. The molecule has 1 heterocycles. The number of aromatic nitrogens is 1. The van der Waals surface area contributed by atoms with E-state index in [4.69, 9.17) is 4.74 Å². The topological polar surface area (TPSA) is 31.2 Å². The molecular formula is C19H14F3NO2. The number of methoxy groups -OCH3 is 1. The average Bonchev–Trinajstić information content (AvgIpc) is 3.14. The Morgan fingerprint density at radius 2 is 1.64 bits per heavy atom. The fourth-order valence-electron chi connectivity index (χ4n) is 2.53. The maximum atomic E-state index is 13.1. The lowest BCUT2D eigenvalue weighted by Crippen LogP contribution is -2.14. The number of carbonyl (C=O) groups excluding carboxylic acids is 1. The second-order valence-electron chi connectivity index (χ2n) is 5.38. The number of carbonyl (C=O) groups is 1. The summed E-state index contributed by atoms with van der Waals surface area (Å²) in [6.07, 6.45) is -1.52. The smallest absolute Gasteiger partial charge is 0.416 e. The number of nitrogens with zero attached hydrogens (tertiary/aromatic N) is 1. The SMILES string of the molecule is COc1ccc(-c2ccc(C(F)(F)F)cc2C(=O)n2cccc2)cc1. The Morgan fingerprint density at radius 1 is 1.00 bits per heavy atom. The van der Waals surface area contributed by atoms with Crippen molar-refractivity contribution in [1.82, 2.24) is 4.57 Å². The van der Waals surface area contributed by atoms with Gasteiger partial charge in [0.1, 0.15) is 5.75 Å². The Hall–Kier alpha value is -3.02. The lowest BCUT2D eigenvalue weighted by atomic mass is 9.96. The normalized spacial score (nSPS) is 11.4. The minimum absolute atomic E-state index is 0.0174. The zero-order valence-electron chi connectivity index (χ0n) is 13.2. The van der Waals surface area contributed by atoms with Crippen LogP contribution in [0.2, 0.25) is 0 Å². The van der Waals surface area contributed by atoms with Crippen LogP contribution in [0.3, 0.4) is 0 Å². The Labute approximate surface area is 142 Å². The van der Waals surface area contributed by atoms with Crippen LogP contribution in [0.1, 0.15) is 15.9 Å². The van der Waals surface area contributed by atoms with E-state index < -0.39 is 17.6 Å². The molecule has 0 saturated carbocycles. The van der Waals surface area contributed by atoms with Crippen LogP contribution in [0.5, 0.6) is 5.75 Å². The molecule has 0 aliphatic rings. The van der Waals surface area contributed by atoms with Crippen molar-refractivity contribution in [2.45, 2.75) is 6.18 Å². The lowest BCUT2D eigenvalue weighted by Gasteiger charge is -2.14. The Bertz CT molecular complexity index is 882. The molecule has 2 aromatic carbocycles. The van der Waals surface area contributed by atoms with Crippen molar-refractivity contribution in [3.8, 4) is 16.9 Å². The summed E-state index contributed by atoms with van der Waals surface area (Å²) in [4.78, 5) is 12.7. The maximum absolute atomic E-state index is 13.1. The van der Waals surface area contributed by atoms with Gasteiger partial charge in [0.25, 0.3) is 5.91 Å². The summed E-state index contributed by atoms with van der Waals surface area (Å²) >= 11 is 0. The Morgan fingerprint density at radius 3 is 2.20 bits per heavy atom. The van der Waals surface area contributed by atoms with Crippen molar-refractivity contribution in [2.24, 2.45) is 0 Å².